The Bertz CT molecular complexity index is 1570. The van der Waals surface area contributed by atoms with Gasteiger partial charge in [-0.2, -0.15) is 0 Å². The molecule has 47 heavy (non-hydrogen) atoms. The average Bonchev–Trinajstić information content (AvgIpc) is 3.74. The molecule has 3 aromatic rings. The second-order valence-electron chi connectivity index (χ2n) is 12.3. The van der Waals surface area contributed by atoms with Gasteiger partial charge in [0.1, 0.15) is 5.82 Å². The van der Waals surface area contributed by atoms with E-state index in [1.807, 2.05) is 4.90 Å². The van der Waals surface area contributed by atoms with Crippen molar-refractivity contribution < 1.29 is 43.5 Å². The van der Waals surface area contributed by atoms with Crippen LogP contribution in [0.25, 0.3) is 0 Å². The highest BCUT2D eigenvalue weighted by atomic mass is 19.1. The zero-order chi connectivity index (χ0) is 33.8. The van der Waals surface area contributed by atoms with Crippen molar-refractivity contribution in [3.05, 3.63) is 59.4 Å². The molecule has 3 heterocycles. The SMILES string of the molecule is CCCC(CCC)N(C(=O)CN1C[C@H](c2cc(OC)c3c(c2)OCO3)[C@@H](C(=O)O)[C@@H]1CCn1c(O)ccc1O)c1ccc(F)c(C)c1. The predicted molar refractivity (Wildman–Crippen MR) is 173 cm³/mol. The Morgan fingerprint density at radius 2 is 1.77 bits per heavy atom. The number of anilines is 1. The largest absolute Gasteiger partial charge is 0.494 e. The van der Waals surface area contributed by atoms with E-state index in [-0.39, 0.29) is 62.4 Å². The lowest BCUT2D eigenvalue weighted by atomic mass is 9.84. The predicted octanol–water partition coefficient (Wildman–Crippen LogP) is 5.65. The molecule has 2 aliphatic heterocycles. The fourth-order valence-electron chi connectivity index (χ4n) is 7.15. The Labute approximate surface area is 274 Å². The third kappa shape index (κ3) is 6.97. The molecule has 1 saturated heterocycles. The number of aromatic nitrogens is 1. The molecule has 12 heteroatoms. The van der Waals surface area contributed by atoms with Crippen molar-refractivity contribution in [2.75, 3.05) is 31.9 Å². The van der Waals surface area contributed by atoms with Crippen LogP contribution in [0.3, 0.4) is 0 Å². The molecule has 3 atom stereocenters. The van der Waals surface area contributed by atoms with Gasteiger partial charge in [0.25, 0.3) is 0 Å². The lowest BCUT2D eigenvalue weighted by molar-refractivity contribution is -0.143. The van der Waals surface area contributed by atoms with Crippen molar-refractivity contribution in [2.45, 2.75) is 77.4 Å². The highest BCUT2D eigenvalue weighted by Crippen LogP contribution is 2.47. The Kier molecular flexibility index (Phi) is 10.5. The molecule has 3 N–H and O–H groups in total. The number of carbonyl (C=O) groups is 2. The molecule has 5 rings (SSSR count). The van der Waals surface area contributed by atoms with Gasteiger partial charge in [-0.25, -0.2) is 4.39 Å². The minimum absolute atomic E-state index is 0.0185. The molecule has 0 saturated carbocycles. The molecular weight excluding hydrogens is 609 g/mol. The Balaban J connectivity index is 1.53. The smallest absolute Gasteiger partial charge is 0.308 e. The first-order valence-electron chi connectivity index (χ1n) is 16.2. The number of halogens is 1. The highest BCUT2D eigenvalue weighted by molar-refractivity contribution is 5.95. The first kappa shape index (κ1) is 33.9. The van der Waals surface area contributed by atoms with Gasteiger partial charge in [-0.15, -0.1) is 0 Å². The van der Waals surface area contributed by atoms with Crippen LogP contribution < -0.4 is 19.1 Å². The second kappa shape index (κ2) is 14.5. The zero-order valence-corrected chi connectivity index (χ0v) is 27.3. The van der Waals surface area contributed by atoms with Crippen LogP contribution in [-0.2, 0) is 16.1 Å². The molecular formula is C35H44FN3O8. The number of aryl methyl sites for hydroxylation is 1. The van der Waals surface area contributed by atoms with Crippen LogP contribution in [0.15, 0.2) is 42.5 Å². The maximum absolute atomic E-state index is 14.4. The monoisotopic (exact) mass is 653 g/mol. The Hall–Kier alpha value is -4.45. The van der Waals surface area contributed by atoms with Crippen LogP contribution in [0.5, 0.6) is 29.0 Å². The molecule has 0 bridgehead atoms. The Morgan fingerprint density at radius 1 is 1.06 bits per heavy atom. The Morgan fingerprint density at radius 3 is 2.38 bits per heavy atom. The minimum atomic E-state index is -1.03. The number of likely N-dealkylation sites (tertiary alicyclic amines) is 1. The molecule has 1 amide bonds. The molecule has 0 spiro atoms. The number of nitrogens with zero attached hydrogens (tertiary/aromatic N) is 3. The van der Waals surface area contributed by atoms with Gasteiger partial charge in [0.15, 0.2) is 23.3 Å². The summed E-state index contributed by atoms with van der Waals surface area (Å²) in [5, 5.41) is 31.3. The van der Waals surface area contributed by atoms with Gasteiger partial charge >= 0.3 is 5.97 Å². The number of benzene rings is 2. The van der Waals surface area contributed by atoms with Crippen molar-refractivity contribution in [3.63, 3.8) is 0 Å². The first-order valence-corrected chi connectivity index (χ1v) is 16.2. The van der Waals surface area contributed by atoms with E-state index in [4.69, 9.17) is 14.2 Å². The van der Waals surface area contributed by atoms with Gasteiger partial charge in [0.05, 0.1) is 19.6 Å². The fourth-order valence-corrected chi connectivity index (χ4v) is 7.15. The summed E-state index contributed by atoms with van der Waals surface area (Å²) < 4.78 is 32.4. The lowest BCUT2D eigenvalue weighted by Crippen LogP contribution is -2.48. The van der Waals surface area contributed by atoms with E-state index < -0.39 is 23.8 Å². The van der Waals surface area contributed by atoms with E-state index in [9.17, 15) is 29.3 Å². The van der Waals surface area contributed by atoms with Crippen LogP contribution in [-0.4, -0.2) is 75.7 Å². The molecule has 11 nitrogen and oxygen atoms in total. The van der Waals surface area contributed by atoms with Crippen LogP contribution in [0, 0.1) is 18.7 Å². The molecule has 2 aliphatic rings. The summed E-state index contributed by atoms with van der Waals surface area (Å²) >= 11 is 0. The quantitative estimate of drug-likeness (QED) is 0.202. The number of fused-ring (bicyclic) bond motifs is 1. The van der Waals surface area contributed by atoms with Gasteiger partial charge in [-0.3, -0.25) is 19.1 Å². The summed E-state index contributed by atoms with van der Waals surface area (Å²) in [6.45, 7) is 6.08. The summed E-state index contributed by atoms with van der Waals surface area (Å²) in [5.74, 6) is -2.07. The van der Waals surface area contributed by atoms with Crippen LogP contribution >= 0.6 is 0 Å². The second-order valence-corrected chi connectivity index (χ2v) is 12.3. The number of hydrogen-bond donors (Lipinski definition) is 3. The third-order valence-corrected chi connectivity index (χ3v) is 9.36. The molecule has 2 aromatic carbocycles. The van der Waals surface area contributed by atoms with Crippen molar-refractivity contribution in [1.82, 2.24) is 9.47 Å². The summed E-state index contributed by atoms with van der Waals surface area (Å²) in [6.07, 6.45) is 3.42. The standard InChI is InChI=1S/C35H44FN3O8/c1-5-7-23(8-6-2)39(24-9-10-26(36)21(3)15-24)32(42)19-37-18-25(22-16-28(45-4)34-29(17-22)46-20-47-34)33(35(43)44)27(37)13-14-38-30(40)11-12-31(38)41/h9-12,15-17,23,25,27,33,40-41H,5-8,13-14,18-20H2,1-4H3,(H,43,44)/t25-,27+,33-/m1/s1. The minimum Gasteiger partial charge on any atom is -0.494 e. The number of rotatable bonds is 14. The zero-order valence-electron chi connectivity index (χ0n) is 27.3. The highest BCUT2D eigenvalue weighted by Gasteiger charge is 2.48. The van der Waals surface area contributed by atoms with Crippen molar-refractivity contribution in [2.24, 2.45) is 5.92 Å². The molecule has 0 unspecified atom stereocenters. The summed E-state index contributed by atoms with van der Waals surface area (Å²) in [4.78, 5) is 31.2. The van der Waals surface area contributed by atoms with Gasteiger partial charge in [0.2, 0.25) is 18.4 Å². The molecule has 0 aliphatic carbocycles. The van der Waals surface area contributed by atoms with E-state index in [1.54, 1.807) is 36.1 Å². The van der Waals surface area contributed by atoms with Gasteiger partial charge in [0, 0.05) is 48.9 Å². The number of methoxy groups -OCH3 is 1. The van der Waals surface area contributed by atoms with E-state index >= 15 is 0 Å². The number of aliphatic carboxylic acids is 1. The average molecular weight is 654 g/mol. The van der Waals surface area contributed by atoms with E-state index in [2.05, 4.69) is 13.8 Å². The molecule has 0 radical (unpaired) electrons. The lowest BCUT2D eigenvalue weighted by Gasteiger charge is -2.35. The van der Waals surface area contributed by atoms with Crippen molar-refractivity contribution in [3.8, 4) is 29.0 Å². The van der Waals surface area contributed by atoms with Crippen molar-refractivity contribution >= 4 is 17.6 Å². The third-order valence-electron chi connectivity index (χ3n) is 9.36. The number of ether oxygens (including phenoxy) is 3. The maximum Gasteiger partial charge on any atom is 0.308 e. The number of amides is 1. The van der Waals surface area contributed by atoms with Crippen LogP contribution in [0.4, 0.5) is 10.1 Å². The topological polar surface area (TPSA) is 134 Å². The van der Waals surface area contributed by atoms with Gasteiger partial charge in [-0.1, -0.05) is 26.7 Å². The van der Waals surface area contributed by atoms with E-state index in [0.29, 0.717) is 34.1 Å². The van der Waals surface area contributed by atoms with Crippen LogP contribution in [0.1, 0.15) is 63.0 Å². The normalized spacial score (nSPS) is 19.0. The fraction of sp³-hybridized carbons (Fsp3) is 0.486. The van der Waals surface area contributed by atoms with Crippen LogP contribution in [0.2, 0.25) is 0 Å². The number of carbonyl (C=O) groups excluding carboxylic acids is 1. The van der Waals surface area contributed by atoms with Gasteiger partial charge < -0.3 is 34.4 Å². The number of carboxylic acid groups (broad SMARTS) is 1. The summed E-state index contributed by atoms with van der Waals surface area (Å²) in [5.41, 5.74) is 1.71. The van der Waals surface area contributed by atoms with E-state index in [1.165, 1.54) is 29.9 Å². The first-order chi connectivity index (χ1) is 22.6. The maximum atomic E-state index is 14.4. The molecule has 1 fully saturated rings. The molecule has 1 aromatic heterocycles. The molecule has 254 valence electrons. The van der Waals surface area contributed by atoms with Gasteiger partial charge in [-0.05, 0) is 67.6 Å². The number of hydrogen-bond acceptors (Lipinski definition) is 8. The number of aromatic hydroxyl groups is 2. The number of carboxylic acids is 1. The van der Waals surface area contributed by atoms with E-state index in [0.717, 1.165) is 25.7 Å². The summed E-state index contributed by atoms with van der Waals surface area (Å²) in [7, 11) is 1.50. The summed E-state index contributed by atoms with van der Waals surface area (Å²) in [6, 6.07) is 10.2. The van der Waals surface area contributed by atoms with Crippen molar-refractivity contribution in [1.29, 1.82) is 0 Å².